The summed E-state index contributed by atoms with van der Waals surface area (Å²) in [7, 11) is 1.72. The summed E-state index contributed by atoms with van der Waals surface area (Å²) in [5.74, 6) is 0.584. The second-order valence-electron chi connectivity index (χ2n) is 5.22. The van der Waals surface area contributed by atoms with Crippen molar-refractivity contribution in [2.24, 2.45) is 5.92 Å². The van der Waals surface area contributed by atoms with E-state index in [9.17, 15) is 5.11 Å². The number of rotatable bonds is 7. The van der Waals surface area contributed by atoms with Gasteiger partial charge in [-0.3, -0.25) is 0 Å². The number of benzene rings is 1. The van der Waals surface area contributed by atoms with E-state index < -0.39 is 6.10 Å². The van der Waals surface area contributed by atoms with Gasteiger partial charge in [0, 0.05) is 24.7 Å². The molecule has 0 radical (unpaired) electrons. The van der Waals surface area contributed by atoms with Gasteiger partial charge in [-0.15, -0.1) is 0 Å². The van der Waals surface area contributed by atoms with Crippen LogP contribution in [0.1, 0.15) is 32.4 Å². The molecule has 0 saturated heterocycles. The fourth-order valence-electron chi connectivity index (χ4n) is 1.99. The van der Waals surface area contributed by atoms with Crippen molar-refractivity contribution in [3.63, 3.8) is 0 Å². The molecule has 4 heteroatoms. The zero-order chi connectivity index (χ0) is 14.4. The van der Waals surface area contributed by atoms with Crippen LogP contribution in [0.25, 0.3) is 0 Å². The van der Waals surface area contributed by atoms with Gasteiger partial charge in [-0.2, -0.15) is 0 Å². The Labute approximate surface area is 124 Å². The minimum Gasteiger partial charge on any atom is -0.389 e. The van der Waals surface area contributed by atoms with Gasteiger partial charge in [0.25, 0.3) is 0 Å². The second kappa shape index (κ2) is 7.88. The molecule has 0 aliphatic heterocycles. The Morgan fingerprint density at radius 2 is 2.00 bits per heavy atom. The third-order valence-corrected chi connectivity index (χ3v) is 3.58. The molecule has 1 N–H and O–H groups in total. The van der Waals surface area contributed by atoms with Crippen molar-refractivity contribution < 1.29 is 9.84 Å². The molecule has 19 heavy (non-hydrogen) atoms. The molecule has 0 aromatic heterocycles. The lowest BCUT2D eigenvalue weighted by atomic mass is 10.1. The first-order valence-electron chi connectivity index (χ1n) is 6.67. The van der Waals surface area contributed by atoms with Crippen molar-refractivity contribution in [2.45, 2.75) is 26.9 Å². The van der Waals surface area contributed by atoms with Crippen molar-refractivity contribution in [2.75, 3.05) is 31.7 Å². The monoisotopic (exact) mass is 329 g/mol. The molecule has 3 nitrogen and oxygen atoms in total. The maximum Gasteiger partial charge on any atom is 0.0762 e. The van der Waals surface area contributed by atoms with Gasteiger partial charge in [0.2, 0.25) is 0 Å². The van der Waals surface area contributed by atoms with Crippen LogP contribution in [0.2, 0.25) is 0 Å². The van der Waals surface area contributed by atoms with Crippen molar-refractivity contribution in [1.29, 1.82) is 0 Å². The van der Waals surface area contributed by atoms with E-state index in [0.29, 0.717) is 12.5 Å². The second-order valence-corrected chi connectivity index (χ2v) is 6.07. The molecule has 0 spiro atoms. The molecule has 0 aliphatic carbocycles. The molecular weight excluding hydrogens is 306 g/mol. The van der Waals surface area contributed by atoms with Crippen LogP contribution < -0.4 is 4.90 Å². The summed E-state index contributed by atoms with van der Waals surface area (Å²) >= 11 is 3.60. The van der Waals surface area contributed by atoms with Gasteiger partial charge >= 0.3 is 0 Å². The number of methoxy groups -OCH3 is 1. The minimum atomic E-state index is -0.442. The Morgan fingerprint density at radius 3 is 2.47 bits per heavy atom. The number of nitrogens with zero attached hydrogens (tertiary/aromatic N) is 1. The maximum atomic E-state index is 9.61. The first kappa shape index (κ1) is 16.5. The molecule has 0 heterocycles. The first-order valence-corrected chi connectivity index (χ1v) is 7.46. The van der Waals surface area contributed by atoms with E-state index in [4.69, 9.17) is 4.74 Å². The van der Waals surface area contributed by atoms with E-state index in [1.807, 2.05) is 12.1 Å². The summed E-state index contributed by atoms with van der Waals surface area (Å²) < 4.78 is 6.20. The van der Waals surface area contributed by atoms with Crippen LogP contribution in [0, 0.1) is 5.92 Å². The van der Waals surface area contributed by atoms with E-state index in [1.54, 1.807) is 14.0 Å². The Bertz CT molecular complexity index is 394. The van der Waals surface area contributed by atoms with Gasteiger partial charge in [-0.25, -0.2) is 0 Å². The van der Waals surface area contributed by atoms with E-state index in [2.05, 4.69) is 40.7 Å². The summed E-state index contributed by atoms with van der Waals surface area (Å²) in [6.45, 7) is 8.74. The summed E-state index contributed by atoms with van der Waals surface area (Å²) in [5.41, 5.74) is 2.07. The van der Waals surface area contributed by atoms with Crippen LogP contribution in [0.4, 0.5) is 5.69 Å². The van der Waals surface area contributed by atoms with Gasteiger partial charge in [0.05, 0.1) is 18.4 Å². The molecule has 1 rings (SSSR count). The molecule has 0 amide bonds. The van der Waals surface area contributed by atoms with Crippen LogP contribution in [-0.4, -0.2) is 31.9 Å². The number of hydrogen-bond acceptors (Lipinski definition) is 3. The summed E-state index contributed by atoms with van der Waals surface area (Å²) in [6.07, 6.45) is -0.442. The molecule has 0 saturated carbocycles. The fraction of sp³-hybridized carbons (Fsp3) is 0.600. The summed E-state index contributed by atoms with van der Waals surface area (Å²) in [6, 6.07) is 6.02. The maximum absolute atomic E-state index is 9.61. The molecule has 1 atom stereocenters. The van der Waals surface area contributed by atoms with Gasteiger partial charge in [-0.1, -0.05) is 19.9 Å². The lowest BCUT2D eigenvalue weighted by molar-refractivity contribution is 0.199. The largest absolute Gasteiger partial charge is 0.389 e. The van der Waals surface area contributed by atoms with E-state index >= 15 is 0 Å². The third kappa shape index (κ3) is 5.13. The molecule has 1 unspecified atom stereocenters. The smallest absolute Gasteiger partial charge is 0.0762 e. The average molecular weight is 330 g/mol. The highest BCUT2D eigenvalue weighted by Gasteiger charge is 2.13. The van der Waals surface area contributed by atoms with Crippen LogP contribution >= 0.6 is 15.9 Å². The number of hydrogen-bond donors (Lipinski definition) is 1. The van der Waals surface area contributed by atoms with Crippen LogP contribution in [0.5, 0.6) is 0 Å². The highest BCUT2D eigenvalue weighted by Crippen LogP contribution is 2.29. The van der Waals surface area contributed by atoms with E-state index in [-0.39, 0.29) is 0 Å². The van der Waals surface area contributed by atoms with Gasteiger partial charge < -0.3 is 14.7 Å². The summed E-state index contributed by atoms with van der Waals surface area (Å²) in [5, 5.41) is 9.61. The summed E-state index contributed by atoms with van der Waals surface area (Å²) in [4.78, 5) is 2.31. The van der Waals surface area contributed by atoms with Crippen LogP contribution in [0.15, 0.2) is 22.7 Å². The molecule has 108 valence electrons. The number of halogens is 1. The van der Waals surface area contributed by atoms with E-state index in [0.717, 1.165) is 28.8 Å². The number of aliphatic hydroxyl groups excluding tert-OH is 1. The zero-order valence-corrected chi connectivity index (χ0v) is 13.8. The van der Waals surface area contributed by atoms with Gasteiger partial charge in [-0.05, 0) is 46.5 Å². The number of ether oxygens (including phenoxy) is 1. The highest BCUT2D eigenvalue weighted by molar-refractivity contribution is 9.10. The Morgan fingerprint density at radius 1 is 1.32 bits per heavy atom. The van der Waals surface area contributed by atoms with Crippen molar-refractivity contribution in [3.05, 3.63) is 28.2 Å². The first-order chi connectivity index (χ1) is 8.95. The Kier molecular flexibility index (Phi) is 6.83. The third-order valence-electron chi connectivity index (χ3n) is 2.95. The van der Waals surface area contributed by atoms with Gasteiger partial charge in [0.15, 0.2) is 0 Å². The predicted octanol–water partition coefficient (Wildman–Crippen LogP) is 3.61. The molecule has 1 aromatic carbocycles. The molecule has 0 bridgehead atoms. The lowest BCUT2D eigenvalue weighted by Gasteiger charge is -2.28. The zero-order valence-electron chi connectivity index (χ0n) is 12.2. The van der Waals surface area contributed by atoms with Crippen molar-refractivity contribution >= 4 is 21.6 Å². The Balaban J connectivity index is 2.94. The van der Waals surface area contributed by atoms with Crippen molar-refractivity contribution in [1.82, 2.24) is 0 Å². The lowest BCUT2D eigenvalue weighted by Crippen LogP contribution is -2.31. The Hall–Kier alpha value is -0.580. The normalized spacial score (nSPS) is 12.8. The standard InChI is InChI=1S/C15H24BrNO2/c1-11(2)10-17(7-8-19-4)15-6-5-13(12(3)18)9-14(15)16/h5-6,9,11-12,18H,7-8,10H2,1-4H3. The molecular formula is C15H24BrNO2. The highest BCUT2D eigenvalue weighted by atomic mass is 79.9. The van der Waals surface area contributed by atoms with Crippen LogP contribution in [-0.2, 0) is 4.74 Å². The minimum absolute atomic E-state index is 0.442. The number of aliphatic hydroxyl groups is 1. The van der Waals surface area contributed by atoms with Crippen molar-refractivity contribution in [3.8, 4) is 0 Å². The fourth-order valence-corrected chi connectivity index (χ4v) is 2.64. The van der Waals surface area contributed by atoms with Gasteiger partial charge in [0.1, 0.15) is 0 Å². The topological polar surface area (TPSA) is 32.7 Å². The van der Waals surface area contributed by atoms with E-state index in [1.165, 1.54) is 0 Å². The SMILES string of the molecule is COCCN(CC(C)C)c1ccc(C(C)O)cc1Br. The predicted molar refractivity (Wildman–Crippen MR) is 83.7 cm³/mol. The molecule has 0 fully saturated rings. The number of anilines is 1. The van der Waals surface area contributed by atoms with Crippen LogP contribution in [0.3, 0.4) is 0 Å². The molecule has 1 aromatic rings. The molecule has 0 aliphatic rings. The average Bonchev–Trinajstić information content (AvgIpc) is 2.34. The quantitative estimate of drug-likeness (QED) is 0.829.